The van der Waals surface area contributed by atoms with Crippen LogP contribution >= 0.6 is 0 Å². The van der Waals surface area contributed by atoms with Crippen LogP contribution in [0.5, 0.6) is 0 Å². The monoisotopic (exact) mass is 419 g/mol. The highest BCUT2D eigenvalue weighted by atomic mass is 16.2. The number of benzene rings is 1. The van der Waals surface area contributed by atoms with Crippen molar-refractivity contribution in [2.45, 2.75) is 51.2 Å². The molecular weight excluding hydrogens is 394 g/mol. The third-order valence-electron chi connectivity index (χ3n) is 6.03. The van der Waals surface area contributed by atoms with Gasteiger partial charge in [0.2, 0.25) is 0 Å². The lowest BCUT2D eigenvalue weighted by Gasteiger charge is -2.22. The summed E-state index contributed by atoms with van der Waals surface area (Å²) in [6.45, 7) is 1.11. The Morgan fingerprint density at radius 1 is 1.19 bits per heavy atom. The van der Waals surface area contributed by atoms with Crippen LogP contribution in [0, 0.1) is 0 Å². The van der Waals surface area contributed by atoms with Crippen molar-refractivity contribution in [1.82, 2.24) is 30.1 Å². The van der Waals surface area contributed by atoms with Crippen molar-refractivity contribution in [3.05, 3.63) is 59.0 Å². The van der Waals surface area contributed by atoms with Crippen LogP contribution < -0.4 is 10.2 Å². The third kappa shape index (κ3) is 3.71. The molecule has 0 fully saturated rings. The smallest absolute Gasteiger partial charge is 0.274 e. The maximum absolute atomic E-state index is 13.1. The van der Waals surface area contributed by atoms with Gasteiger partial charge in [0.1, 0.15) is 11.9 Å². The summed E-state index contributed by atoms with van der Waals surface area (Å²) in [6.07, 6.45) is 6.27. The first-order valence-electron chi connectivity index (χ1n) is 10.7. The molecule has 2 aliphatic rings. The molecule has 2 amide bonds. The van der Waals surface area contributed by atoms with E-state index >= 15 is 0 Å². The topological polar surface area (TPSA) is 97.9 Å². The van der Waals surface area contributed by atoms with Crippen LogP contribution in [0.25, 0.3) is 0 Å². The Morgan fingerprint density at radius 3 is 2.84 bits per heavy atom. The summed E-state index contributed by atoms with van der Waals surface area (Å²) >= 11 is 0. The van der Waals surface area contributed by atoms with E-state index in [1.165, 1.54) is 5.56 Å². The van der Waals surface area contributed by atoms with Crippen LogP contribution in [0.15, 0.2) is 36.5 Å². The van der Waals surface area contributed by atoms with Gasteiger partial charge in [0.25, 0.3) is 11.8 Å². The molecule has 2 aromatic heterocycles. The fourth-order valence-corrected chi connectivity index (χ4v) is 4.45. The van der Waals surface area contributed by atoms with Crippen LogP contribution in [0.3, 0.4) is 0 Å². The number of hydrogen-bond donors (Lipinski definition) is 1. The zero-order valence-corrected chi connectivity index (χ0v) is 17.5. The number of likely N-dealkylation sites (N-methyl/N-ethyl adjacent to an activating group) is 1. The SMILES string of the molecule is CN1C(=O)C(NC(=O)c2cn(Cc3ccccc3)nn2)CCn2nc3c(c21)CCCC3. The predicted molar refractivity (Wildman–Crippen MR) is 114 cm³/mol. The molecule has 31 heavy (non-hydrogen) atoms. The molecule has 0 saturated carbocycles. The van der Waals surface area contributed by atoms with E-state index in [4.69, 9.17) is 5.10 Å². The molecule has 0 radical (unpaired) electrons. The molecule has 3 heterocycles. The van der Waals surface area contributed by atoms with Crippen LogP contribution in [-0.4, -0.2) is 49.7 Å². The number of fused-ring (bicyclic) bond motifs is 3. The molecule has 9 nitrogen and oxygen atoms in total. The minimum Gasteiger partial charge on any atom is -0.339 e. The largest absolute Gasteiger partial charge is 0.339 e. The standard InChI is InChI=1S/C22H25N7O2/c1-27-21-16-9-5-6-10-17(16)25-29(21)12-11-18(22(27)31)23-20(30)19-14-28(26-24-19)13-15-7-3-2-4-8-15/h2-4,7-8,14,18H,5-6,9-13H2,1H3,(H,23,30). The van der Waals surface area contributed by atoms with Gasteiger partial charge in [-0.05, 0) is 37.7 Å². The summed E-state index contributed by atoms with van der Waals surface area (Å²) in [6, 6.07) is 9.21. The lowest BCUT2D eigenvalue weighted by molar-refractivity contribution is -0.120. The molecule has 1 aliphatic carbocycles. The molecule has 1 aliphatic heterocycles. The molecule has 5 rings (SSSR count). The summed E-state index contributed by atoms with van der Waals surface area (Å²) in [5.74, 6) is 0.356. The lowest BCUT2D eigenvalue weighted by Crippen LogP contribution is -2.47. The molecule has 160 valence electrons. The van der Waals surface area contributed by atoms with E-state index < -0.39 is 11.9 Å². The zero-order valence-electron chi connectivity index (χ0n) is 17.5. The van der Waals surface area contributed by atoms with Crippen molar-refractivity contribution in [2.24, 2.45) is 0 Å². The molecular formula is C22H25N7O2. The predicted octanol–water partition coefficient (Wildman–Crippen LogP) is 1.57. The Kier molecular flexibility index (Phi) is 5.01. The Bertz CT molecular complexity index is 1120. The highest BCUT2D eigenvalue weighted by Gasteiger charge is 2.34. The van der Waals surface area contributed by atoms with E-state index in [1.807, 2.05) is 35.0 Å². The first kappa shape index (κ1) is 19.5. The second-order valence-electron chi connectivity index (χ2n) is 8.18. The molecule has 1 atom stereocenters. The first-order chi connectivity index (χ1) is 15.1. The highest BCUT2D eigenvalue weighted by Crippen LogP contribution is 2.32. The number of carbonyl (C=O) groups excluding carboxylic acids is 2. The normalized spacial score (nSPS) is 18.3. The number of rotatable bonds is 4. The van der Waals surface area contributed by atoms with Crippen LogP contribution in [0.2, 0.25) is 0 Å². The van der Waals surface area contributed by atoms with Gasteiger partial charge >= 0.3 is 0 Å². The van der Waals surface area contributed by atoms with Crippen molar-refractivity contribution in [3.63, 3.8) is 0 Å². The molecule has 1 N–H and O–H groups in total. The number of hydrogen-bond acceptors (Lipinski definition) is 5. The summed E-state index contributed by atoms with van der Waals surface area (Å²) in [5.41, 5.74) is 3.56. The number of aryl methyl sites for hydroxylation is 2. The van der Waals surface area contributed by atoms with Crippen molar-refractivity contribution in [1.29, 1.82) is 0 Å². The van der Waals surface area contributed by atoms with Crippen LogP contribution in [-0.2, 0) is 30.7 Å². The third-order valence-corrected chi connectivity index (χ3v) is 6.03. The van der Waals surface area contributed by atoms with Crippen molar-refractivity contribution in [3.8, 4) is 0 Å². The van der Waals surface area contributed by atoms with Gasteiger partial charge in [-0.15, -0.1) is 5.10 Å². The summed E-state index contributed by atoms with van der Waals surface area (Å²) in [5, 5.41) is 15.6. The molecule has 0 spiro atoms. The van der Waals surface area contributed by atoms with E-state index in [0.29, 0.717) is 19.5 Å². The average molecular weight is 419 g/mol. The van der Waals surface area contributed by atoms with Gasteiger partial charge in [-0.3, -0.25) is 14.5 Å². The average Bonchev–Trinajstić information content (AvgIpc) is 3.38. The minimum absolute atomic E-state index is 0.128. The number of carbonyl (C=O) groups is 2. The van der Waals surface area contributed by atoms with Crippen molar-refractivity contribution >= 4 is 17.6 Å². The van der Waals surface area contributed by atoms with E-state index in [2.05, 4.69) is 15.6 Å². The fourth-order valence-electron chi connectivity index (χ4n) is 4.45. The van der Waals surface area contributed by atoms with Gasteiger partial charge in [-0.25, -0.2) is 9.36 Å². The number of nitrogens with one attached hydrogen (secondary N) is 1. The van der Waals surface area contributed by atoms with E-state index in [-0.39, 0.29) is 11.6 Å². The summed E-state index contributed by atoms with van der Waals surface area (Å²) in [4.78, 5) is 27.6. The number of nitrogens with zero attached hydrogens (tertiary/aromatic N) is 6. The maximum Gasteiger partial charge on any atom is 0.274 e. The lowest BCUT2D eigenvalue weighted by atomic mass is 9.97. The number of aromatic nitrogens is 5. The molecule has 0 saturated heterocycles. The number of anilines is 1. The molecule has 3 aromatic rings. The second kappa shape index (κ2) is 7.98. The van der Waals surface area contributed by atoms with E-state index in [1.54, 1.807) is 22.8 Å². The van der Waals surface area contributed by atoms with Crippen LogP contribution in [0.4, 0.5) is 5.82 Å². The Balaban J connectivity index is 1.29. The Labute approximate surface area is 180 Å². The first-order valence-corrected chi connectivity index (χ1v) is 10.7. The van der Waals surface area contributed by atoms with Gasteiger partial charge < -0.3 is 5.32 Å². The Hall–Kier alpha value is -3.49. The van der Waals surface area contributed by atoms with Gasteiger partial charge in [-0.2, -0.15) is 5.10 Å². The van der Waals surface area contributed by atoms with Gasteiger partial charge in [-0.1, -0.05) is 35.5 Å². The van der Waals surface area contributed by atoms with Crippen molar-refractivity contribution < 1.29 is 9.59 Å². The van der Waals surface area contributed by atoms with E-state index in [9.17, 15) is 9.59 Å². The minimum atomic E-state index is -0.627. The molecule has 9 heteroatoms. The zero-order chi connectivity index (χ0) is 21.4. The quantitative estimate of drug-likeness (QED) is 0.692. The molecule has 0 bridgehead atoms. The molecule has 1 unspecified atom stereocenters. The van der Waals surface area contributed by atoms with Gasteiger partial charge in [0.05, 0.1) is 18.4 Å². The highest BCUT2D eigenvalue weighted by molar-refractivity contribution is 6.01. The Morgan fingerprint density at radius 2 is 2.00 bits per heavy atom. The number of amides is 2. The van der Waals surface area contributed by atoms with Crippen LogP contribution in [0.1, 0.15) is 46.6 Å². The molecule has 1 aromatic carbocycles. The van der Waals surface area contributed by atoms with E-state index in [0.717, 1.165) is 42.8 Å². The summed E-state index contributed by atoms with van der Waals surface area (Å²) in [7, 11) is 1.77. The van der Waals surface area contributed by atoms with Gasteiger partial charge in [0.15, 0.2) is 5.69 Å². The van der Waals surface area contributed by atoms with Gasteiger partial charge in [0, 0.05) is 19.2 Å². The second-order valence-corrected chi connectivity index (χ2v) is 8.18. The van der Waals surface area contributed by atoms with Crippen molar-refractivity contribution in [2.75, 3.05) is 11.9 Å². The fraction of sp³-hybridized carbons (Fsp3) is 0.409. The summed E-state index contributed by atoms with van der Waals surface area (Å²) < 4.78 is 3.55. The maximum atomic E-state index is 13.1.